The SMILES string of the molecule is Cc1nn(-c2ccc(F)cc2)c2sc(C(=O)NCC(=O)Nc3ccc(-n4cccn4)cc3)cc12. The highest BCUT2D eigenvalue weighted by molar-refractivity contribution is 7.20. The van der Waals surface area contributed by atoms with Crippen molar-refractivity contribution in [1.29, 1.82) is 0 Å². The van der Waals surface area contributed by atoms with E-state index in [0.29, 0.717) is 16.3 Å². The van der Waals surface area contributed by atoms with Crippen LogP contribution in [0.5, 0.6) is 0 Å². The molecule has 0 aliphatic carbocycles. The zero-order chi connectivity index (χ0) is 23.7. The standard InChI is InChI=1S/C24H19FN6O2S/c1-15-20-13-21(34-24(20)31(29-15)19-7-3-16(25)4-8-19)23(33)26-14-22(32)28-17-5-9-18(10-6-17)30-12-2-11-27-30/h2-13H,14H2,1H3,(H,26,33)(H,28,32). The van der Waals surface area contributed by atoms with Crippen LogP contribution in [0, 0.1) is 12.7 Å². The van der Waals surface area contributed by atoms with Crippen molar-refractivity contribution in [3.8, 4) is 11.4 Å². The number of benzene rings is 2. The lowest BCUT2D eigenvalue weighted by Gasteiger charge is -2.07. The summed E-state index contributed by atoms with van der Waals surface area (Å²) in [5.41, 5.74) is 2.94. The van der Waals surface area contributed by atoms with Gasteiger partial charge in [0, 0.05) is 23.5 Å². The number of amides is 2. The van der Waals surface area contributed by atoms with Gasteiger partial charge in [0.2, 0.25) is 5.91 Å². The Morgan fingerprint density at radius 3 is 2.50 bits per heavy atom. The van der Waals surface area contributed by atoms with Gasteiger partial charge in [0.05, 0.1) is 28.5 Å². The van der Waals surface area contributed by atoms with Crippen molar-refractivity contribution >= 4 is 39.1 Å². The Bertz CT molecular complexity index is 1470. The van der Waals surface area contributed by atoms with Gasteiger partial charge in [-0.3, -0.25) is 9.59 Å². The first-order chi connectivity index (χ1) is 16.5. The lowest BCUT2D eigenvalue weighted by molar-refractivity contribution is -0.115. The Kier molecular flexibility index (Phi) is 5.64. The summed E-state index contributed by atoms with van der Waals surface area (Å²) in [4.78, 5) is 26.2. The number of thiophene rings is 1. The maximum Gasteiger partial charge on any atom is 0.261 e. The molecule has 0 unspecified atom stereocenters. The van der Waals surface area contributed by atoms with Crippen LogP contribution in [0.2, 0.25) is 0 Å². The average Bonchev–Trinajstić information content (AvgIpc) is 3.58. The predicted molar refractivity (Wildman–Crippen MR) is 128 cm³/mol. The fourth-order valence-corrected chi connectivity index (χ4v) is 4.59. The van der Waals surface area contributed by atoms with Crippen molar-refractivity contribution in [2.75, 3.05) is 11.9 Å². The molecule has 2 amide bonds. The van der Waals surface area contributed by atoms with E-state index in [-0.39, 0.29) is 24.2 Å². The number of carbonyl (C=O) groups excluding carboxylic acids is 2. The number of anilines is 1. The van der Waals surface area contributed by atoms with Gasteiger partial charge < -0.3 is 10.6 Å². The highest BCUT2D eigenvalue weighted by Gasteiger charge is 2.18. The molecule has 0 atom stereocenters. The molecule has 3 aromatic heterocycles. The smallest absolute Gasteiger partial charge is 0.261 e. The first kappa shape index (κ1) is 21.5. The number of hydrogen-bond donors (Lipinski definition) is 2. The molecule has 34 heavy (non-hydrogen) atoms. The Morgan fingerprint density at radius 2 is 1.79 bits per heavy atom. The van der Waals surface area contributed by atoms with E-state index in [4.69, 9.17) is 0 Å². The minimum atomic E-state index is -0.351. The first-order valence-electron chi connectivity index (χ1n) is 10.4. The molecule has 170 valence electrons. The Hall–Kier alpha value is -4.31. The highest BCUT2D eigenvalue weighted by atomic mass is 32.1. The third-order valence-electron chi connectivity index (χ3n) is 5.17. The van der Waals surface area contributed by atoms with Crippen molar-refractivity contribution < 1.29 is 14.0 Å². The topological polar surface area (TPSA) is 93.8 Å². The molecule has 0 bridgehead atoms. The average molecular weight is 475 g/mol. The third kappa shape index (κ3) is 4.30. The third-order valence-corrected chi connectivity index (χ3v) is 6.28. The van der Waals surface area contributed by atoms with E-state index in [1.165, 1.54) is 23.5 Å². The first-order valence-corrected chi connectivity index (χ1v) is 11.2. The summed E-state index contributed by atoms with van der Waals surface area (Å²) in [6, 6.07) is 16.8. The Morgan fingerprint density at radius 1 is 1.06 bits per heavy atom. The van der Waals surface area contributed by atoms with E-state index < -0.39 is 0 Å². The minimum absolute atomic E-state index is 0.170. The molecular formula is C24H19FN6O2S. The van der Waals surface area contributed by atoms with Crippen LogP contribution in [-0.2, 0) is 4.79 Å². The van der Waals surface area contributed by atoms with Crippen LogP contribution in [0.1, 0.15) is 15.4 Å². The summed E-state index contributed by atoms with van der Waals surface area (Å²) < 4.78 is 16.7. The van der Waals surface area contributed by atoms with E-state index >= 15 is 0 Å². The van der Waals surface area contributed by atoms with Crippen LogP contribution in [0.4, 0.5) is 10.1 Å². The maximum atomic E-state index is 13.3. The normalized spacial score (nSPS) is 11.0. The molecule has 0 aliphatic rings. The lowest BCUT2D eigenvalue weighted by Crippen LogP contribution is -2.32. The number of nitrogens with zero attached hydrogens (tertiary/aromatic N) is 4. The lowest BCUT2D eigenvalue weighted by atomic mass is 10.2. The van der Waals surface area contributed by atoms with Crippen LogP contribution in [0.3, 0.4) is 0 Å². The Labute approximate surface area is 197 Å². The Balaban J connectivity index is 1.23. The molecule has 3 heterocycles. The molecule has 0 spiro atoms. The summed E-state index contributed by atoms with van der Waals surface area (Å²) in [7, 11) is 0. The molecule has 0 fully saturated rings. The summed E-state index contributed by atoms with van der Waals surface area (Å²) in [6.07, 6.45) is 3.52. The van der Waals surface area contributed by atoms with Gasteiger partial charge in [0.15, 0.2) is 0 Å². The van der Waals surface area contributed by atoms with Crippen molar-refractivity contribution in [1.82, 2.24) is 24.9 Å². The minimum Gasteiger partial charge on any atom is -0.342 e. The van der Waals surface area contributed by atoms with Gasteiger partial charge in [-0.2, -0.15) is 10.2 Å². The molecule has 10 heteroatoms. The van der Waals surface area contributed by atoms with Crippen molar-refractivity contribution in [3.05, 3.63) is 89.4 Å². The number of aryl methyl sites for hydroxylation is 1. The van der Waals surface area contributed by atoms with Crippen molar-refractivity contribution in [2.45, 2.75) is 6.92 Å². The summed E-state index contributed by atoms with van der Waals surface area (Å²) in [5.74, 6) is -1.02. The molecule has 0 saturated carbocycles. The van der Waals surface area contributed by atoms with E-state index in [9.17, 15) is 14.0 Å². The molecule has 5 aromatic rings. The highest BCUT2D eigenvalue weighted by Crippen LogP contribution is 2.30. The van der Waals surface area contributed by atoms with E-state index in [2.05, 4.69) is 20.8 Å². The predicted octanol–water partition coefficient (Wildman–Crippen LogP) is 4.09. The monoisotopic (exact) mass is 474 g/mol. The number of nitrogens with one attached hydrogen (secondary N) is 2. The molecule has 2 N–H and O–H groups in total. The van der Waals surface area contributed by atoms with E-state index in [1.807, 2.05) is 31.3 Å². The van der Waals surface area contributed by atoms with E-state index in [1.54, 1.807) is 45.9 Å². The second-order valence-corrected chi connectivity index (χ2v) is 8.56. The van der Waals surface area contributed by atoms with Crippen LogP contribution in [0.15, 0.2) is 73.1 Å². The number of aromatic nitrogens is 4. The van der Waals surface area contributed by atoms with Gasteiger partial charge in [-0.05, 0) is 67.6 Å². The molecule has 5 rings (SSSR count). The van der Waals surface area contributed by atoms with Gasteiger partial charge >= 0.3 is 0 Å². The van der Waals surface area contributed by atoms with Gasteiger partial charge in [-0.1, -0.05) is 0 Å². The number of carbonyl (C=O) groups is 2. The maximum absolute atomic E-state index is 13.3. The van der Waals surface area contributed by atoms with Crippen LogP contribution in [-0.4, -0.2) is 37.9 Å². The molecule has 8 nitrogen and oxygen atoms in total. The summed E-state index contributed by atoms with van der Waals surface area (Å²) in [6.45, 7) is 1.68. The summed E-state index contributed by atoms with van der Waals surface area (Å²) in [5, 5.41) is 14.9. The fraction of sp³-hybridized carbons (Fsp3) is 0.0833. The number of hydrogen-bond acceptors (Lipinski definition) is 5. The van der Waals surface area contributed by atoms with Gasteiger partial charge in [0.25, 0.3) is 5.91 Å². The second-order valence-electron chi connectivity index (χ2n) is 7.53. The van der Waals surface area contributed by atoms with Crippen LogP contribution >= 0.6 is 11.3 Å². The number of fused-ring (bicyclic) bond motifs is 1. The van der Waals surface area contributed by atoms with Gasteiger partial charge in [-0.25, -0.2) is 13.8 Å². The zero-order valence-corrected chi connectivity index (χ0v) is 18.8. The van der Waals surface area contributed by atoms with Crippen LogP contribution in [0.25, 0.3) is 21.6 Å². The molecule has 0 radical (unpaired) electrons. The largest absolute Gasteiger partial charge is 0.342 e. The van der Waals surface area contributed by atoms with Gasteiger partial charge in [-0.15, -0.1) is 11.3 Å². The number of rotatable bonds is 6. The van der Waals surface area contributed by atoms with E-state index in [0.717, 1.165) is 21.6 Å². The molecule has 0 aliphatic heterocycles. The zero-order valence-electron chi connectivity index (χ0n) is 18.0. The molecule has 2 aromatic carbocycles. The van der Waals surface area contributed by atoms with Crippen LogP contribution < -0.4 is 10.6 Å². The quantitative estimate of drug-likeness (QED) is 0.388. The molecule has 0 saturated heterocycles. The second kappa shape index (κ2) is 8.91. The fourth-order valence-electron chi connectivity index (χ4n) is 3.49. The van der Waals surface area contributed by atoms with Crippen molar-refractivity contribution in [3.63, 3.8) is 0 Å². The molecular weight excluding hydrogens is 455 g/mol. The van der Waals surface area contributed by atoms with Gasteiger partial charge in [0.1, 0.15) is 10.6 Å². The number of halogens is 1. The van der Waals surface area contributed by atoms with Crippen molar-refractivity contribution in [2.24, 2.45) is 0 Å². The summed E-state index contributed by atoms with van der Waals surface area (Å²) >= 11 is 1.26.